The van der Waals surface area contributed by atoms with Crippen LogP contribution in [0.25, 0.3) is 0 Å². The van der Waals surface area contributed by atoms with Crippen LogP contribution in [0.3, 0.4) is 0 Å². The average Bonchev–Trinajstić information content (AvgIpc) is 2.04. The lowest BCUT2D eigenvalue weighted by atomic mass is 10.0. The molecule has 0 fully saturated rings. The van der Waals surface area contributed by atoms with E-state index in [0.29, 0.717) is 5.56 Å². The molecule has 3 heteroatoms. The average molecular weight is 187 g/mol. The third-order valence-electron chi connectivity index (χ3n) is 1.81. The van der Waals surface area contributed by atoms with Gasteiger partial charge in [0.15, 0.2) is 0 Å². The lowest BCUT2D eigenvalue weighted by Gasteiger charge is -2.07. The van der Waals surface area contributed by atoms with Gasteiger partial charge in [-0.15, -0.1) is 0 Å². The first-order chi connectivity index (χ1) is 6.02. The summed E-state index contributed by atoms with van der Waals surface area (Å²) in [4.78, 5) is 0. The maximum atomic E-state index is 12.8. The van der Waals surface area contributed by atoms with E-state index in [9.17, 15) is 13.2 Å². The van der Waals surface area contributed by atoms with Gasteiger partial charge in [0.25, 0.3) is 6.43 Å². The molecule has 0 bridgehead atoms. The summed E-state index contributed by atoms with van der Waals surface area (Å²) in [5.41, 5.74) is 0.121. The van der Waals surface area contributed by atoms with Crippen molar-refractivity contribution < 1.29 is 13.2 Å². The van der Waals surface area contributed by atoms with Crippen LogP contribution in [0.5, 0.6) is 0 Å². The van der Waals surface area contributed by atoms with Gasteiger partial charge in [-0.1, -0.05) is 19.9 Å². The van der Waals surface area contributed by atoms with Crippen molar-refractivity contribution >= 4 is 0 Å². The Morgan fingerprint density at radius 1 is 1.23 bits per heavy atom. The quantitative estimate of drug-likeness (QED) is 0.661. The molecule has 0 aliphatic heterocycles. The second kappa shape index (κ2) is 3.81. The van der Waals surface area contributed by atoms with Gasteiger partial charge in [0, 0.05) is 0 Å². The summed E-state index contributed by atoms with van der Waals surface area (Å²) in [7, 11) is 0. The monoisotopic (exact) mass is 187 g/mol. The van der Waals surface area contributed by atoms with Crippen molar-refractivity contribution in [2.24, 2.45) is 0 Å². The predicted molar refractivity (Wildman–Crippen MR) is 45.1 cm³/mol. The molecule has 71 valence electrons. The second-order valence-corrected chi connectivity index (χ2v) is 3.04. The smallest absolute Gasteiger partial charge is 0.206 e. The van der Waals surface area contributed by atoms with Gasteiger partial charge in [0.2, 0.25) is 0 Å². The minimum atomic E-state index is -2.75. The third-order valence-corrected chi connectivity index (χ3v) is 1.81. The highest BCUT2D eigenvalue weighted by Crippen LogP contribution is 2.25. The van der Waals surface area contributed by atoms with Crippen LogP contribution < -0.4 is 0 Å². The molecular formula is C10H10F3. The maximum absolute atomic E-state index is 12.8. The highest BCUT2D eigenvalue weighted by molar-refractivity contribution is 5.33. The van der Waals surface area contributed by atoms with E-state index in [1.807, 2.05) is 0 Å². The van der Waals surface area contributed by atoms with Gasteiger partial charge in [0.05, 0.1) is 5.56 Å². The first kappa shape index (κ1) is 10.1. The fourth-order valence-electron chi connectivity index (χ4n) is 1.02. The molecule has 0 saturated heterocycles. The van der Waals surface area contributed by atoms with E-state index in [0.717, 1.165) is 12.0 Å². The van der Waals surface area contributed by atoms with Gasteiger partial charge in [-0.3, -0.25) is 0 Å². The normalized spacial score (nSPS) is 11.3. The van der Waals surface area contributed by atoms with E-state index in [4.69, 9.17) is 0 Å². The Kier molecular flexibility index (Phi) is 2.96. The highest BCUT2D eigenvalue weighted by atomic mass is 19.3. The van der Waals surface area contributed by atoms with Gasteiger partial charge < -0.3 is 0 Å². The van der Waals surface area contributed by atoms with Gasteiger partial charge in [-0.25, -0.2) is 13.2 Å². The molecule has 13 heavy (non-hydrogen) atoms. The fraction of sp³-hybridized carbons (Fsp3) is 0.300. The highest BCUT2D eigenvalue weighted by Gasteiger charge is 2.14. The Morgan fingerprint density at radius 2 is 1.85 bits per heavy atom. The first-order valence-electron chi connectivity index (χ1n) is 3.90. The van der Waals surface area contributed by atoms with Crippen LogP contribution >= 0.6 is 0 Å². The van der Waals surface area contributed by atoms with Crippen LogP contribution in [-0.2, 0) is 0 Å². The van der Waals surface area contributed by atoms with Crippen LogP contribution in [0.2, 0.25) is 0 Å². The molecule has 0 heterocycles. The zero-order valence-electron chi connectivity index (χ0n) is 7.44. The predicted octanol–water partition coefficient (Wildman–Crippen LogP) is 3.73. The molecule has 1 aromatic rings. The maximum Gasteiger partial charge on any atom is 0.266 e. The molecule has 0 nitrogen and oxygen atoms in total. The molecule has 0 aliphatic carbocycles. The Hall–Kier alpha value is -0.990. The first-order valence-corrected chi connectivity index (χ1v) is 3.90. The van der Waals surface area contributed by atoms with Crippen molar-refractivity contribution in [1.82, 2.24) is 0 Å². The molecule has 0 N–H and O–H groups in total. The topological polar surface area (TPSA) is 0 Å². The van der Waals surface area contributed by atoms with E-state index in [-0.39, 0.29) is 0 Å². The van der Waals surface area contributed by atoms with E-state index < -0.39 is 17.8 Å². The molecule has 1 rings (SSSR count). The van der Waals surface area contributed by atoms with Gasteiger partial charge >= 0.3 is 0 Å². The van der Waals surface area contributed by atoms with Crippen LogP contribution in [-0.4, -0.2) is 0 Å². The van der Waals surface area contributed by atoms with Crippen LogP contribution in [0.1, 0.15) is 31.4 Å². The zero-order valence-corrected chi connectivity index (χ0v) is 7.44. The number of halogens is 3. The number of rotatable bonds is 2. The summed E-state index contributed by atoms with van der Waals surface area (Å²) in [6.07, 6.45) is -2.75. The van der Waals surface area contributed by atoms with Crippen molar-refractivity contribution in [3.63, 3.8) is 0 Å². The standard InChI is InChI=1S/C10H10F3/c1-6(2)7-3-4-9(11)8(5-7)10(12)13/h3-5,10H,1-2H3. The number of benzene rings is 1. The Labute approximate surface area is 75.4 Å². The molecule has 0 saturated carbocycles. The summed E-state index contributed by atoms with van der Waals surface area (Å²) in [5, 5.41) is 0. The van der Waals surface area contributed by atoms with Gasteiger partial charge in [-0.2, -0.15) is 0 Å². The lowest BCUT2D eigenvalue weighted by molar-refractivity contribution is 0.146. The van der Waals surface area contributed by atoms with E-state index in [2.05, 4.69) is 0 Å². The molecule has 0 unspecified atom stereocenters. The molecule has 0 aromatic heterocycles. The number of hydrogen-bond donors (Lipinski definition) is 0. The molecule has 0 spiro atoms. The van der Waals surface area contributed by atoms with Crippen LogP contribution in [0.4, 0.5) is 13.2 Å². The minimum absolute atomic E-state index is 0.529. The van der Waals surface area contributed by atoms with Crippen LogP contribution in [0, 0.1) is 11.7 Å². The molecule has 0 aliphatic rings. The molecule has 1 radical (unpaired) electrons. The van der Waals surface area contributed by atoms with Crippen molar-refractivity contribution in [1.29, 1.82) is 0 Å². The summed E-state index contributed by atoms with van der Waals surface area (Å²) in [6, 6.07) is 3.76. The second-order valence-electron chi connectivity index (χ2n) is 3.04. The van der Waals surface area contributed by atoms with Gasteiger partial charge in [0.1, 0.15) is 5.82 Å². The lowest BCUT2D eigenvalue weighted by Crippen LogP contribution is -1.95. The summed E-state index contributed by atoms with van der Waals surface area (Å²) >= 11 is 0. The summed E-state index contributed by atoms with van der Waals surface area (Å²) < 4.78 is 37.2. The molecule has 1 aromatic carbocycles. The molecule has 0 amide bonds. The van der Waals surface area contributed by atoms with Crippen molar-refractivity contribution in [3.8, 4) is 0 Å². The van der Waals surface area contributed by atoms with E-state index in [1.165, 1.54) is 12.1 Å². The SMILES string of the molecule is C[C](C)c1ccc(F)c(C(F)F)c1. The number of alkyl halides is 2. The summed E-state index contributed by atoms with van der Waals surface area (Å²) in [5.74, 6) is 0.0434. The zero-order chi connectivity index (χ0) is 10.0. The van der Waals surface area contributed by atoms with E-state index in [1.54, 1.807) is 13.8 Å². The summed E-state index contributed by atoms with van der Waals surface area (Å²) in [6.45, 7) is 3.59. The van der Waals surface area contributed by atoms with Crippen LogP contribution in [0.15, 0.2) is 18.2 Å². The Morgan fingerprint density at radius 3 is 2.31 bits per heavy atom. The van der Waals surface area contributed by atoms with Gasteiger partial charge in [-0.05, 0) is 23.6 Å². The van der Waals surface area contributed by atoms with Crippen molar-refractivity contribution in [2.75, 3.05) is 0 Å². The third kappa shape index (κ3) is 2.23. The Balaban J connectivity index is 3.11. The van der Waals surface area contributed by atoms with Crippen molar-refractivity contribution in [2.45, 2.75) is 20.3 Å². The molecular weight excluding hydrogens is 177 g/mol. The number of hydrogen-bond acceptors (Lipinski definition) is 0. The largest absolute Gasteiger partial charge is 0.266 e. The Bertz CT molecular complexity index is 292. The molecule has 0 atom stereocenters. The van der Waals surface area contributed by atoms with Crippen molar-refractivity contribution in [3.05, 3.63) is 41.1 Å². The fourth-order valence-corrected chi connectivity index (χ4v) is 1.02. The minimum Gasteiger partial charge on any atom is -0.206 e. The van der Waals surface area contributed by atoms with E-state index >= 15 is 0 Å².